The van der Waals surface area contributed by atoms with E-state index in [2.05, 4.69) is 5.32 Å². The maximum atomic E-state index is 12.8. The van der Waals surface area contributed by atoms with Crippen molar-refractivity contribution in [3.05, 3.63) is 78.4 Å². The third-order valence-electron chi connectivity index (χ3n) is 4.84. The minimum atomic E-state index is -3.81. The van der Waals surface area contributed by atoms with E-state index in [1.54, 1.807) is 48.5 Å². The summed E-state index contributed by atoms with van der Waals surface area (Å²) >= 11 is 0. The fourth-order valence-corrected chi connectivity index (χ4v) is 4.18. The van der Waals surface area contributed by atoms with Crippen molar-refractivity contribution in [2.75, 3.05) is 37.5 Å². The Morgan fingerprint density at radius 3 is 2.03 bits per heavy atom. The van der Waals surface area contributed by atoms with Crippen molar-refractivity contribution >= 4 is 33.3 Å². The maximum Gasteiger partial charge on any atom is 0.338 e. The number of carbonyl (C=O) groups is 2. The number of methoxy groups -OCH3 is 2. The van der Waals surface area contributed by atoms with Gasteiger partial charge >= 0.3 is 5.97 Å². The monoisotopic (exact) mass is 484 g/mol. The molecule has 0 aliphatic carbocycles. The first-order valence-electron chi connectivity index (χ1n) is 10.1. The van der Waals surface area contributed by atoms with E-state index in [0.717, 1.165) is 4.31 Å². The second-order valence-corrected chi connectivity index (χ2v) is 9.03. The van der Waals surface area contributed by atoms with Crippen LogP contribution in [0, 0.1) is 0 Å². The van der Waals surface area contributed by atoms with Crippen LogP contribution in [-0.2, 0) is 19.6 Å². The molecule has 9 nitrogen and oxygen atoms in total. The van der Waals surface area contributed by atoms with Gasteiger partial charge in [0.15, 0.2) is 6.61 Å². The number of hydrogen-bond acceptors (Lipinski definition) is 7. The summed E-state index contributed by atoms with van der Waals surface area (Å²) in [6.07, 6.45) is 0. The van der Waals surface area contributed by atoms with Crippen LogP contribution in [0.2, 0.25) is 0 Å². The highest BCUT2D eigenvalue weighted by atomic mass is 32.2. The molecular formula is C24H24N2O7S. The van der Waals surface area contributed by atoms with E-state index in [1.165, 1.54) is 45.5 Å². The Morgan fingerprint density at radius 2 is 1.47 bits per heavy atom. The molecule has 1 amide bonds. The van der Waals surface area contributed by atoms with Crippen LogP contribution in [0.3, 0.4) is 0 Å². The molecule has 0 heterocycles. The van der Waals surface area contributed by atoms with E-state index in [1.807, 2.05) is 0 Å². The molecule has 3 aromatic carbocycles. The lowest BCUT2D eigenvalue weighted by molar-refractivity contribution is -0.119. The van der Waals surface area contributed by atoms with Crippen molar-refractivity contribution in [1.29, 1.82) is 0 Å². The summed E-state index contributed by atoms with van der Waals surface area (Å²) < 4.78 is 42.2. The zero-order valence-electron chi connectivity index (χ0n) is 18.8. The molecule has 0 saturated carbocycles. The molecule has 0 bridgehead atoms. The van der Waals surface area contributed by atoms with Crippen molar-refractivity contribution in [2.45, 2.75) is 4.90 Å². The zero-order chi connectivity index (χ0) is 24.7. The number of carbonyl (C=O) groups excluding carboxylic acids is 2. The highest BCUT2D eigenvalue weighted by Gasteiger charge is 2.22. The number of nitrogens with one attached hydrogen (secondary N) is 1. The fraction of sp³-hybridized carbons (Fsp3) is 0.167. The third-order valence-corrected chi connectivity index (χ3v) is 6.64. The number of anilines is 2. The second kappa shape index (κ2) is 10.7. The summed E-state index contributed by atoms with van der Waals surface area (Å²) in [4.78, 5) is 24.5. The van der Waals surface area contributed by atoms with Gasteiger partial charge in [-0.3, -0.25) is 9.10 Å². The van der Waals surface area contributed by atoms with Gasteiger partial charge in [0, 0.05) is 30.9 Å². The molecule has 0 spiro atoms. The molecule has 3 aromatic rings. The van der Waals surface area contributed by atoms with Gasteiger partial charge in [-0.15, -0.1) is 0 Å². The molecular weight excluding hydrogens is 460 g/mol. The van der Waals surface area contributed by atoms with Gasteiger partial charge in [0.2, 0.25) is 0 Å². The summed E-state index contributed by atoms with van der Waals surface area (Å²) in [6, 6.07) is 18.7. The van der Waals surface area contributed by atoms with Crippen molar-refractivity contribution in [3.8, 4) is 11.5 Å². The molecule has 0 saturated heterocycles. The van der Waals surface area contributed by atoms with Crippen molar-refractivity contribution in [2.24, 2.45) is 0 Å². The predicted octanol–water partition coefficient (Wildman–Crippen LogP) is 3.32. The second-order valence-electron chi connectivity index (χ2n) is 7.06. The van der Waals surface area contributed by atoms with E-state index in [4.69, 9.17) is 14.2 Å². The Morgan fingerprint density at radius 1 is 0.882 bits per heavy atom. The number of sulfonamides is 1. The Hall–Kier alpha value is -4.05. The number of nitrogens with zero attached hydrogens (tertiary/aromatic N) is 1. The van der Waals surface area contributed by atoms with Crippen molar-refractivity contribution < 1.29 is 32.2 Å². The van der Waals surface area contributed by atoms with Crippen LogP contribution in [-0.4, -0.2) is 48.2 Å². The van der Waals surface area contributed by atoms with Crippen LogP contribution < -0.4 is 19.1 Å². The summed E-state index contributed by atoms with van der Waals surface area (Å²) in [5.74, 6) is -0.356. The smallest absolute Gasteiger partial charge is 0.338 e. The van der Waals surface area contributed by atoms with Gasteiger partial charge in [-0.1, -0.05) is 18.2 Å². The first kappa shape index (κ1) is 24.6. The van der Waals surface area contributed by atoms with E-state index < -0.39 is 28.5 Å². The molecule has 0 aromatic heterocycles. The van der Waals surface area contributed by atoms with Gasteiger partial charge in [-0.25, -0.2) is 13.2 Å². The molecule has 34 heavy (non-hydrogen) atoms. The third kappa shape index (κ3) is 5.84. The van der Waals surface area contributed by atoms with Gasteiger partial charge in [-0.05, 0) is 36.4 Å². The quantitative estimate of drug-likeness (QED) is 0.464. The summed E-state index contributed by atoms with van der Waals surface area (Å²) in [5, 5.41) is 2.59. The lowest BCUT2D eigenvalue weighted by Gasteiger charge is -2.19. The number of rotatable bonds is 9. The molecule has 0 atom stereocenters. The SMILES string of the molecule is COc1cc(NC(=O)COC(=O)c2ccc(S(=O)(=O)N(C)c3ccccc3)cc2)cc(OC)c1. The highest BCUT2D eigenvalue weighted by Crippen LogP contribution is 2.26. The topological polar surface area (TPSA) is 111 Å². The van der Waals surface area contributed by atoms with Crippen LogP contribution in [0.5, 0.6) is 11.5 Å². The van der Waals surface area contributed by atoms with Gasteiger partial charge in [0.05, 0.1) is 30.4 Å². The summed E-state index contributed by atoms with van der Waals surface area (Å²) in [5.41, 5.74) is 1.03. The van der Waals surface area contributed by atoms with Gasteiger partial charge < -0.3 is 19.5 Å². The van der Waals surface area contributed by atoms with Gasteiger partial charge in [-0.2, -0.15) is 0 Å². The minimum Gasteiger partial charge on any atom is -0.497 e. The number of hydrogen-bond donors (Lipinski definition) is 1. The minimum absolute atomic E-state index is 0.0140. The average Bonchev–Trinajstić information content (AvgIpc) is 2.87. The lowest BCUT2D eigenvalue weighted by Crippen LogP contribution is -2.26. The predicted molar refractivity (Wildman–Crippen MR) is 127 cm³/mol. The Bertz CT molecular complexity index is 1240. The molecule has 178 valence electrons. The van der Waals surface area contributed by atoms with Gasteiger partial charge in [0.25, 0.3) is 15.9 Å². The Labute approximate surface area is 197 Å². The summed E-state index contributed by atoms with van der Waals surface area (Å²) in [7, 11) is 0.607. The van der Waals surface area contributed by atoms with Crippen molar-refractivity contribution in [3.63, 3.8) is 0 Å². The van der Waals surface area contributed by atoms with E-state index >= 15 is 0 Å². The van der Waals surface area contributed by atoms with Crippen molar-refractivity contribution in [1.82, 2.24) is 0 Å². The zero-order valence-corrected chi connectivity index (χ0v) is 19.7. The number of esters is 1. The fourth-order valence-electron chi connectivity index (χ4n) is 2.99. The van der Waals surface area contributed by atoms with E-state index in [9.17, 15) is 18.0 Å². The molecule has 0 aliphatic heterocycles. The first-order valence-corrected chi connectivity index (χ1v) is 11.5. The van der Waals surface area contributed by atoms with Crippen LogP contribution in [0.25, 0.3) is 0 Å². The van der Waals surface area contributed by atoms with Gasteiger partial charge in [0.1, 0.15) is 11.5 Å². The number of amides is 1. The molecule has 10 heteroatoms. The highest BCUT2D eigenvalue weighted by molar-refractivity contribution is 7.92. The molecule has 0 fully saturated rings. The van der Waals surface area contributed by atoms with E-state index in [0.29, 0.717) is 22.9 Å². The lowest BCUT2D eigenvalue weighted by atomic mass is 10.2. The van der Waals surface area contributed by atoms with Crippen LogP contribution in [0.1, 0.15) is 10.4 Å². The molecule has 0 aliphatic rings. The molecule has 0 radical (unpaired) electrons. The maximum absolute atomic E-state index is 12.8. The normalized spacial score (nSPS) is 10.8. The molecule has 3 rings (SSSR count). The van der Waals surface area contributed by atoms with E-state index in [-0.39, 0.29) is 10.5 Å². The number of benzene rings is 3. The van der Waals surface area contributed by atoms with Crippen LogP contribution >= 0.6 is 0 Å². The molecule has 1 N–H and O–H groups in total. The standard InChI is InChI=1S/C24H24N2O7S/c1-26(19-7-5-4-6-8-19)34(29,30)22-11-9-17(10-12-22)24(28)33-16-23(27)25-18-13-20(31-2)15-21(14-18)32-3/h4-15H,16H2,1-3H3,(H,25,27). The molecule has 0 unspecified atom stereocenters. The Balaban J connectivity index is 1.61. The van der Waals surface area contributed by atoms with Crippen LogP contribution in [0.15, 0.2) is 77.7 Å². The largest absolute Gasteiger partial charge is 0.497 e. The summed E-state index contributed by atoms with van der Waals surface area (Å²) in [6.45, 7) is -0.533. The number of ether oxygens (including phenoxy) is 3. The van der Waals surface area contributed by atoms with Crippen LogP contribution in [0.4, 0.5) is 11.4 Å². The average molecular weight is 485 g/mol. The Kier molecular flexibility index (Phi) is 7.75. The first-order chi connectivity index (χ1) is 16.2. The number of para-hydroxylation sites is 1.